The van der Waals surface area contributed by atoms with Gasteiger partial charge in [0, 0.05) is 5.56 Å². The lowest BCUT2D eigenvalue weighted by Gasteiger charge is -2.12. The number of halogens is 1. The van der Waals surface area contributed by atoms with Crippen LogP contribution in [0.15, 0.2) is 18.2 Å². The van der Waals surface area contributed by atoms with Crippen LogP contribution in [0.5, 0.6) is 0 Å². The Balaban J connectivity index is 2.78. The molecule has 0 saturated heterocycles. The predicted molar refractivity (Wildman–Crippen MR) is 71.0 cm³/mol. The standard InChI is InChI=1S/C13H18FN3O2/c1-2-3-4-10(15)13(19)17-11-7-8(12(16)18)5-6-9(11)14/h5-7,10H,2-4,15H2,1H3,(H2,16,18)(H,17,19)/t10-/m0/s1. The fourth-order valence-corrected chi connectivity index (χ4v) is 1.55. The zero-order valence-corrected chi connectivity index (χ0v) is 10.8. The molecule has 0 fully saturated rings. The van der Waals surface area contributed by atoms with Crippen molar-refractivity contribution < 1.29 is 14.0 Å². The van der Waals surface area contributed by atoms with Gasteiger partial charge in [0.05, 0.1) is 11.7 Å². The Labute approximate surface area is 111 Å². The van der Waals surface area contributed by atoms with E-state index in [4.69, 9.17) is 11.5 Å². The van der Waals surface area contributed by atoms with Crippen LogP contribution in [0, 0.1) is 5.82 Å². The lowest BCUT2D eigenvalue weighted by Crippen LogP contribution is -2.35. The van der Waals surface area contributed by atoms with E-state index in [-0.39, 0.29) is 11.3 Å². The summed E-state index contributed by atoms with van der Waals surface area (Å²) in [5.74, 6) is -1.80. The lowest BCUT2D eigenvalue weighted by molar-refractivity contribution is -0.117. The Hall–Kier alpha value is -1.95. The van der Waals surface area contributed by atoms with Gasteiger partial charge in [0.1, 0.15) is 5.82 Å². The smallest absolute Gasteiger partial charge is 0.248 e. The molecule has 1 aromatic carbocycles. The number of anilines is 1. The Morgan fingerprint density at radius 3 is 2.68 bits per heavy atom. The van der Waals surface area contributed by atoms with Crippen LogP contribution in [0.1, 0.15) is 36.5 Å². The number of nitrogens with two attached hydrogens (primary N) is 2. The van der Waals surface area contributed by atoms with Crippen molar-refractivity contribution >= 4 is 17.5 Å². The van der Waals surface area contributed by atoms with Crippen LogP contribution in [0.3, 0.4) is 0 Å². The molecule has 0 aliphatic heterocycles. The van der Waals surface area contributed by atoms with Crippen molar-refractivity contribution in [3.05, 3.63) is 29.6 Å². The second kappa shape index (κ2) is 6.84. The molecule has 2 amide bonds. The van der Waals surface area contributed by atoms with E-state index in [0.717, 1.165) is 18.9 Å². The number of primary amides is 1. The summed E-state index contributed by atoms with van der Waals surface area (Å²) < 4.78 is 13.5. The maximum absolute atomic E-state index is 13.5. The largest absolute Gasteiger partial charge is 0.366 e. The second-order valence-corrected chi connectivity index (χ2v) is 4.30. The Morgan fingerprint density at radius 2 is 2.11 bits per heavy atom. The van der Waals surface area contributed by atoms with E-state index >= 15 is 0 Å². The first-order valence-electron chi connectivity index (χ1n) is 6.11. The highest BCUT2D eigenvalue weighted by atomic mass is 19.1. The zero-order chi connectivity index (χ0) is 14.4. The number of hydrogen-bond donors (Lipinski definition) is 3. The molecule has 1 rings (SSSR count). The summed E-state index contributed by atoms with van der Waals surface area (Å²) in [7, 11) is 0. The molecule has 104 valence electrons. The van der Waals surface area contributed by atoms with E-state index < -0.39 is 23.7 Å². The average molecular weight is 267 g/mol. The van der Waals surface area contributed by atoms with Crippen molar-refractivity contribution in [2.75, 3.05) is 5.32 Å². The molecule has 1 aromatic rings. The van der Waals surface area contributed by atoms with Crippen molar-refractivity contribution in [3.63, 3.8) is 0 Å². The summed E-state index contributed by atoms with van der Waals surface area (Å²) in [5, 5.41) is 2.37. The monoisotopic (exact) mass is 267 g/mol. The van der Waals surface area contributed by atoms with E-state index in [0.29, 0.717) is 6.42 Å². The van der Waals surface area contributed by atoms with Gasteiger partial charge in [-0.2, -0.15) is 0 Å². The minimum Gasteiger partial charge on any atom is -0.366 e. The van der Waals surface area contributed by atoms with Crippen LogP contribution in [0.25, 0.3) is 0 Å². The number of carbonyl (C=O) groups is 2. The lowest BCUT2D eigenvalue weighted by atomic mass is 10.1. The summed E-state index contributed by atoms with van der Waals surface area (Å²) >= 11 is 0. The van der Waals surface area contributed by atoms with E-state index in [2.05, 4.69) is 5.32 Å². The minimum absolute atomic E-state index is 0.0896. The summed E-state index contributed by atoms with van der Waals surface area (Å²) in [6.45, 7) is 1.99. The van der Waals surface area contributed by atoms with Gasteiger partial charge >= 0.3 is 0 Å². The molecule has 19 heavy (non-hydrogen) atoms. The van der Waals surface area contributed by atoms with Gasteiger partial charge < -0.3 is 16.8 Å². The highest BCUT2D eigenvalue weighted by Crippen LogP contribution is 2.16. The fourth-order valence-electron chi connectivity index (χ4n) is 1.55. The van der Waals surface area contributed by atoms with Crippen LogP contribution in [-0.2, 0) is 4.79 Å². The Kier molecular flexibility index (Phi) is 5.44. The maximum Gasteiger partial charge on any atom is 0.248 e. The highest BCUT2D eigenvalue weighted by Gasteiger charge is 2.15. The van der Waals surface area contributed by atoms with Crippen molar-refractivity contribution in [3.8, 4) is 0 Å². The van der Waals surface area contributed by atoms with E-state index in [9.17, 15) is 14.0 Å². The summed E-state index contributed by atoms with van der Waals surface area (Å²) in [6, 6.07) is 2.83. The van der Waals surface area contributed by atoms with Gasteiger partial charge in [-0.15, -0.1) is 0 Å². The highest BCUT2D eigenvalue weighted by molar-refractivity contribution is 5.97. The number of hydrogen-bond acceptors (Lipinski definition) is 3. The van der Waals surface area contributed by atoms with Crippen LogP contribution in [-0.4, -0.2) is 17.9 Å². The van der Waals surface area contributed by atoms with Gasteiger partial charge in [-0.1, -0.05) is 19.8 Å². The SMILES string of the molecule is CCCC[C@H](N)C(=O)Nc1cc(C(N)=O)ccc1F. The van der Waals surface area contributed by atoms with Gasteiger partial charge in [-0.3, -0.25) is 9.59 Å². The number of unbranched alkanes of at least 4 members (excludes halogenated alkanes) is 1. The van der Waals surface area contributed by atoms with Gasteiger partial charge in [0.15, 0.2) is 0 Å². The summed E-state index contributed by atoms with van der Waals surface area (Å²) in [4.78, 5) is 22.7. The number of benzene rings is 1. The Morgan fingerprint density at radius 1 is 1.42 bits per heavy atom. The van der Waals surface area contributed by atoms with Crippen LogP contribution >= 0.6 is 0 Å². The molecule has 0 aromatic heterocycles. The molecule has 0 bridgehead atoms. The van der Waals surface area contributed by atoms with Crippen molar-refractivity contribution in [2.45, 2.75) is 32.2 Å². The second-order valence-electron chi connectivity index (χ2n) is 4.30. The van der Waals surface area contributed by atoms with Crippen LogP contribution in [0.2, 0.25) is 0 Å². The topological polar surface area (TPSA) is 98.2 Å². The molecule has 5 nitrogen and oxygen atoms in total. The van der Waals surface area contributed by atoms with E-state index in [1.807, 2.05) is 6.92 Å². The summed E-state index contributed by atoms with van der Waals surface area (Å²) in [6.07, 6.45) is 2.27. The quantitative estimate of drug-likeness (QED) is 0.726. The number of amides is 2. The molecular formula is C13H18FN3O2. The van der Waals surface area contributed by atoms with Crippen molar-refractivity contribution in [1.82, 2.24) is 0 Å². The molecular weight excluding hydrogens is 249 g/mol. The van der Waals surface area contributed by atoms with Crippen LogP contribution in [0.4, 0.5) is 10.1 Å². The first-order valence-corrected chi connectivity index (χ1v) is 6.11. The Bertz CT molecular complexity index is 477. The third-order valence-electron chi connectivity index (χ3n) is 2.71. The van der Waals surface area contributed by atoms with Gasteiger partial charge in [-0.05, 0) is 24.6 Å². The number of rotatable bonds is 6. The normalized spacial score (nSPS) is 11.9. The molecule has 0 radical (unpaired) electrons. The first-order chi connectivity index (χ1) is 8.95. The maximum atomic E-state index is 13.5. The average Bonchev–Trinajstić information content (AvgIpc) is 2.38. The third kappa shape index (κ3) is 4.33. The van der Waals surface area contributed by atoms with Gasteiger partial charge in [0.25, 0.3) is 0 Å². The zero-order valence-electron chi connectivity index (χ0n) is 10.8. The van der Waals surface area contributed by atoms with Gasteiger partial charge in [0.2, 0.25) is 11.8 Å². The molecule has 0 aliphatic rings. The molecule has 0 spiro atoms. The first kappa shape index (κ1) is 15.1. The number of nitrogens with one attached hydrogen (secondary N) is 1. The van der Waals surface area contributed by atoms with Gasteiger partial charge in [-0.25, -0.2) is 4.39 Å². The molecule has 5 N–H and O–H groups in total. The molecule has 0 heterocycles. The number of carbonyl (C=O) groups excluding carboxylic acids is 2. The molecule has 0 aliphatic carbocycles. The van der Waals surface area contributed by atoms with Crippen molar-refractivity contribution in [2.24, 2.45) is 11.5 Å². The van der Waals surface area contributed by atoms with Crippen molar-refractivity contribution in [1.29, 1.82) is 0 Å². The fraction of sp³-hybridized carbons (Fsp3) is 0.385. The molecule has 6 heteroatoms. The third-order valence-corrected chi connectivity index (χ3v) is 2.71. The van der Waals surface area contributed by atoms with Crippen LogP contribution < -0.4 is 16.8 Å². The summed E-state index contributed by atoms with van der Waals surface area (Å²) in [5.41, 5.74) is 10.8. The van der Waals surface area contributed by atoms with E-state index in [1.165, 1.54) is 12.1 Å². The molecule has 0 saturated carbocycles. The predicted octanol–water partition coefficient (Wildman–Crippen LogP) is 1.38. The minimum atomic E-state index is -0.698. The molecule has 1 atom stereocenters. The molecule has 0 unspecified atom stereocenters. The van der Waals surface area contributed by atoms with E-state index in [1.54, 1.807) is 0 Å².